The lowest BCUT2D eigenvalue weighted by Crippen LogP contribution is -2.26. The zero-order valence-corrected chi connectivity index (χ0v) is 19.7. The summed E-state index contributed by atoms with van der Waals surface area (Å²) >= 11 is 1.58. The summed E-state index contributed by atoms with van der Waals surface area (Å²) in [5, 5.41) is 5.07. The standard InChI is InChI=1S/C28H21N5OS/c1-18(32-27-26-24(12-15-30-27)35-17-31-26)23-16-20-6-5-9-22(19-10-13-29-14-11-19)25(20)28(34)33(23)21-7-3-2-4-8-21/h2-18H,1H3,(H,30,32)/t18-/m0/s1. The molecule has 1 atom stereocenters. The van der Waals surface area contributed by atoms with Gasteiger partial charge in [-0.15, -0.1) is 11.3 Å². The Balaban J connectivity index is 1.58. The van der Waals surface area contributed by atoms with Crippen molar-refractivity contribution < 1.29 is 0 Å². The van der Waals surface area contributed by atoms with Crippen molar-refractivity contribution >= 4 is 38.1 Å². The summed E-state index contributed by atoms with van der Waals surface area (Å²) in [7, 11) is 0. The monoisotopic (exact) mass is 475 g/mol. The fraction of sp³-hybridized carbons (Fsp3) is 0.0714. The summed E-state index contributed by atoms with van der Waals surface area (Å²) in [6.07, 6.45) is 5.27. The summed E-state index contributed by atoms with van der Waals surface area (Å²) in [5.41, 5.74) is 6.09. The first-order chi connectivity index (χ1) is 17.2. The number of nitrogens with one attached hydrogen (secondary N) is 1. The number of anilines is 1. The molecule has 0 aliphatic heterocycles. The Hall–Kier alpha value is -4.36. The number of hydrogen-bond acceptors (Lipinski definition) is 6. The Labute approximate surface area is 205 Å². The van der Waals surface area contributed by atoms with Crippen LogP contribution in [0.25, 0.3) is 37.8 Å². The molecule has 0 saturated heterocycles. The predicted octanol–water partition coefficient (Wildman–Crippen LogP) is 6.23. The smallest absolute Gasteiger partial charge is 0.263 e. The number of para-hydroxylation sites is 1. The normalized spacial score (nSPS) is 12.1. The number of rotatable bonds is 5. The Morgan fingerprint density at radius 3 is 2.57 bits per heavy atom. The number of aromatic nitrogens is 4. The van der Waals surface area contributed by atoms with Crippen LogP contribution in [-0.2, 0) is 0 Å². The van der Waals surface area contributed by atoms with Crippen molar-refractivity contribution in [3.8, 4) is 16.8 Å². The average Bonchev–Trinajstić information content (AvgIpc) is 3.39. The van der Waals surface area contributed by atoms with E-state index in [9.17, 15) is 4.79 Å². The molecular weight excluding hydrogens is 454 g/mol. The molecule has 7 heteroatoms. The van der Waals surface area contributed by atoms with E-state index in [-0.39, 0.29) is 11.6 Å². The molecule has 0 radical (unpaired) electrons. The molecule has 0 unspecified atom stereocenters. The van der Waals surface area contributed by atoms with Gasteiger partial charge in [0.2, 0.25) is 0 Å². The third kappa shape index (κ3) is 3.76. The zero-order chi connectivity index (χ0) is 23.8. The van der Waals surface area contributed by atoms with Crippen LogP contribution in [0.3, 0.4) is 0 Å². The molecule has 6 aromatic rings. The molecule has 0 bridgehead atoms. The molecule has 6 rings (SSSR count). The summed E-state index contributed by atoms with van der Waals surface area (Å²) in [4.78, 5) is 27.3. The van der Waals surface area contributed by atoms with E-state index in [0.29, 0.717) is 11.2 Å². The van der Waals surface area contributed by atoms with Gasteiger partial charge >= 0.3 is 0 Å². The van der Waals surface area contributed by atoms with E-state index in [1.54, 1.807) is 34.5 Å². The number of pyridine rings is 3. The van der Waals surface area contributed by atoms with Gasteiger partial charge in [-0.2, -0.15) is 0 Å². The van der Waals surface area contributed by atoms with E-state index in [1.807, 2.05) is 79.2 Å². The number of nitrogens with zero attached hydrogens (tertiary/aromatic N) is 4. The zero-order valence-electron chi connectivity index (χ0n) is 18.9. The fourth-order valence-corrected chi connectivity index (χ4v) is 5.16. The van der Waals surface area contributed by atoms with E-state index in [4.69, 9.17) is 0 Å². The lowest BCUT2D eigenvalue weighted by atomic mass is 9.98. The second-order valence-corrected chi connectivity index (χ2v) is 9.16. The van der Waals surface area contributed by atoms with E-state index >= 15 is 0 Å². The summed E-state index contributed by atoms with van der Waals surface area (Å²) in [6, 6.07) is 23.4. The number of thiazole rings is 1. The molecule has 0 fully saturated rings. The van der Waals surface area contributed by atoms with Crippen molar-refractivity contribution in [1.82, 2.24) is 19.5 Å². The van der Waals surface area contributed by atoms with Crippen LogP contribution in [0.15, 0.2) is 102 Å². The molecule has 170 valence electrons. The number of benzene rings is 2. The maximum Gasteiger partial charge on any atom is 0.263 e. The Bertz CT molecular complexity index is 1710. The quantitative estimate of drug-likeness (QED) is 0.320. The Morgan fingerprint density at radius 1 is 0.914 bits per heavy atom. The summed E-state index contributed by atoms with van der Waals surface area (Å²) in [5.74, 6) is 0.703. The molecule has 0 spiro atoms. The van der Waals surface area contributed by atoms with Gasteiger partial charge in [-0.1, -0.05) is 36.4 Å². The molecule has 2 aromatic carbocycles. The maximum absolute atomic E-state index is 14.2. The van der Waals surface area contributed by atoms with E-state index in [1.165, 1.54) is 0 Å². The van der Waals surface area contributed by atoms with Gasteiger partial charge in [-0.25, -0.2) is 9.97 Å². The predicted molar refractivity (Wildman–Crippen MR) is 142 cm³/mol. The second kappa shape index (κ2) is 8.77. The van der Waals surface area contributed by atoms with Gasteiger partial charge in [0.25, 0.3) is 5.56 Å². The van der Waals surface area contributed by atoms with Gasteiger partial charge in [0, 0.05) is 30.0 Å². The average molecular weight is 476 g/mol. The SMILES string of the molecule is C[C@H](Nc1nccc2scnc12)c1cc2cccc(-c3ccncc3)c2c(=O)n1-c1ccccc1. The molecule has 0 aliphatic rings. The van der Waals surface area contributed by atoms with Crippen LogP contribution in [0.1, 0.15) is 18.7 Å². The topological polar surface area (TPSA) is 72.7 Å². The fourth-order valence-electron chi connectivity index (χ4n) is 4.49. The van der Waals surface area contributed by atoms with E-state index in [2.05, 4.69) is 26.3 Å². The lowest BCUT2D eigenvalue weighted by molar-refractivity contribution is 0.774. The molecule has 4 heterocycles. The number of hydrogen-bond donors (Lipinski definition) is 1. The summed E-state index contributed by atoms with van der Waals surface area (Å²) < 4.78 is 2.86. The Kier molecular flexibility index (Phi) is 5.31. The minimum Gasteiger partial charge on any atom is -0.360 e. The first-order valence-corrected chi connectivity index (χ1v) is 12.2. The van der Waals surface area contributed by atoms with Crippen molar-refractivity contribution in [1.29, 1.82) is 0 Å². The van der Waals surface area contributed by atoms with Gasteiger partial charge in [-0.05, 0) is 59.8 Å². The van der Waals surface area contributed by atoms with Crippen molar-refractivity contribution in [2.75, 3.05) is 5.32 Å². The first kappa shape index (κ1) is 21.2. The van der Waals surface area contributed by atoms with Crippen LogP contribution in [0.5, 0.6) is 0 Å². The first-order valence-electron chi connectivity index (χ1n) is 11.3. The number of fused-ring (bicyclic) bond motifs is 2. The second-order valence-electron chi connectivity index (χ2n) is 8.28. The van der Waals surface area contributed by atoms with Gasteiger partial charge in [0.15, 0.2) is 5.82 Å². The molecule has 6 nitrogen and oxygen atoms in total. The highest BCUT2D eigenvalue weighted by molar-refractivity contribution is 7.16. The van der Waals surface area contributed by atoms with Gasteiger partial charge in [0.1, 0.15) is 5.52 Å². The molecule has 1 N–H and O–H groups in total. The highest BCUT2D eigenvalue weighted by atomic mass is 32.1. The van der Waals surface area contributed by atoms with Crippen molar-refractivity contribution in [3.63, 3.8) is 0 Å². The molecule has 4 aromatic heterocycles. The third-order valence-electron chi connectivity index (χ3n) is 6.13. The molecular formula is C28H21N5OS. The molecule has 0 amide bonds. The van der Waals surface area contributed by atoms with E-state index in [0.717, 1.165) is 38.1 Å². The van der Waals surface area contributed by atoms with Crippen LogP contribution >= 0.6 is 11.3 Å². The highest BCUT2D eigenvalue weighted by Crippen LogP contribution is 2.31. The lowest BCUT2D eigenvalue weighted by Gasteiger charge is -2.22. The van der Waals surface area contributed by atoms with Crippen molar-refractivity contribution in [2.45, 2.75) is 13.0 Å². The Morgan fingerprint density at radius 2 is 1.74 bits per heavy atom. The maximum atomic E-state index is 14.2. The molecule has 35 heavy (non-hydrogen) atoms. The van der Waals surface area contributed by atoms with Gasteiger partial charge in [0.05, 0.1) is 21.6 Å². The van der Waals surface area contributed by atoms with E-state index < -0.39 is 0 Å². The van der Waals surface area contributed by atoms with Crippen LogP contribution in [0, 0.1) is 0 Å². The minimum atomic E-state index is -0.211. The van der Waals surface area contributed by atoms with Crippen molar-refractivity contribution in [3.05, 3.63) is 113 Å². The largest absolute Gasteiger partial charge is 0.360 e. The van der Waals surface area contributed by atoms with Crippen LogP contribution in [-0.4, -0.2) is 19.5 Å². The molecule has 0 aliphatic carbocycles. The van der Waals surface area contributed by atoms with Gasteiger partial charge in [-0.3, -0.25) is 14.3 Å². The molecule has 0 saturated carbocycles. The minimum absolute atomic E-state index is 0.0652. The summed E-state index contributed by atoms with van der Waals surface area (Å²) in [6.45, 7) is 2.04. The van der Waals surface area contributed by atoms with Crippen LogP contribution < -0.4 is 10.9 Å². The highest BCUT2D eigenvalue weighted by Gasteiger charge is 2.19. The van der Waals surface area contributed by atoms with Crippen LogP contribution in [0.2, 0.25) is 0 Å². The van der Waals surface area contributed by atoms with Gasteiger partial charge < -0.3 is 5.32 Å². The third-order valence-corrected chi connectivity index (χ3v) is 6.92. The van der Waals surface area contributed by atoms with Crippen LogP contribution in [0.4, 0.5) is 5.82 Å². The van der Waals surface area contributed by atoms with Crippen molar-refractivity contribution in [2.24, 2.45) is 0 Å².